The second-order valence-corrected chi connectivity index (χ2v) is 4.42. The Balaban J connectivity index is 2.37. The standard InChI is InChI=1S/C16H12F3N/c1-11-2-4-12(5-3-11)6-7-13-10-14(16(17,18)19)8-9-15(13)20/h2-5,8-10H,20H2,1H3. The van der Waals surface area contributed by atoms with Crippen LogP contribution in [-0.2, 0) is 6.18 Å². The maximum absolute atomic E-state index is 12.6. The number of halogens is 3. The Hall–Kier alpha value is -2.41. The lowest BCUT2D eigenvalue weighted by atomic mass is 10.1. The number of nitrogen functional groups attached to an aromatic ring is 1. The van der Waals surface area contributed by atoms with E-state index in [1.165, 1.54) is 6.07 Å². The third kappa shape index (κ3) is 3.33. The number of aryl methyl sites for hydroxylation is 1. The van der Waals surface area contributed by atoms with Gasteiger partial charge in [0.25, 0.3) is 0 Å². The van der Waals surface area contributed by atoms with Crippen molar-refractivity contribution in [1.82, 2.24) is 0 Å². The summed E-state index contributed by atoms with van der Waals surface area (Å²) in [6.07, 6.45) is -4.39. The van der Waals surface area contributed by atoms with Crippen LogP contribution in [0.15, 0.2) is 42.5 Å². The van der Waals surface area contributed by atoms with E-state index in [4.69, 9.17) is 5.73 Å². The third-order valence-corrected chi connectivity index (χ3v) is 2.77. The molecule has 0 amide bonds. The smallest absolute Gasteiger partial charge is 0.398 e. The van der Waals surface area contributed by atoms with Crippen LogP contribution in [0.1, 0.15) is 22.3 Å². The first-order chi connectivity index (χ1) is 9.36. The zero-order chi connectivity index (χ0) is 14.8. The van der Waals surface area contributed by atoms with Gasteiger partial charge in [-0.2, -0.15) is 13.2 Å². The van der Waals surface area contributed by atoms with Gasteiger partial charge in [0, 0.05) is 16.8 Å². The fraction of sp³-hybridized carbons (Fsp3) is 0.125. The lowest BCUT2D eigenvalue weighted by molar-refractivity contribution is -0.137. The Morgan fingerprint density at radius 3 is 2.20 bits per heavy atom. The molecule has 0 fully saturated rings. The van der Waals surface area contributed by atoms with Gasteiger partial charge in [0.1, 0.15) is 0 Å². The SMILES string of the molecule is Cc1ccc(C#Cc2cc(C(F)(F)F)ccc2N)cc1. The maximum Gasteiger partial charge on any atom is 0.416 e. The van der Waals surface area contributed by atoms with Gasteiger partial charge in [0.2, 0.25) is 0 Å². The molecule has 0 aliphatic rings. The van der Waals surface area contributed by atoms with Crippen molar-refractivity contribution in [2.24, 2.45) is 0 Å². The number of hydrogen-bond acceptors (Lipinski definition) is 1. The van der Waals surface area contributed by atoms with Crippen molar-refractivity contribution in [1.29, 1.82) is 0 Å². The molecule has 0 bridgehead atoms. The molecule has 2 rings (SSSR count). The van der Waals surface area contributed by atoms with Crippen molar-refractivity contribution < 1.29 is 13.2 Å². The lowest BCUT2D eigenvalue weighted by Crippen LogP contribution is -2.05. The summed E-state index contributed by atoms with van der Waals surface area (Å²) in [5.41, 5.74) is 7.14. The van der Waals surface area contributed by atoms with Crippen molar-refractivity contribution >= 4 is 5.69 Å². The summed E-state index contributed by atoms with van der Waals surface area (Å²) in [6, 6.07) is 10.5. The van der Waals surface area contributed by atoms with Gasteiger partial charge in [-0.15, -0.1) is 0 Å². The fourth-order valence-corrected chi connectivity index (χ4v) is 1.62. The number of hydrogen-bond donors (Lipinski definition) is 1. The summed E-state index contributed by atoms with van der Waals surface area (Å²) in [5, 5.41) is 0. The summed E-state index contributed by atoms with van der Waals surface area (Å²) >= 11 is 0. The highest BCUT2D eigenvalue weighted by molar-refractivity contribution is 5.59. The quantitative estimate of drug-likeness (QED) is 0.571. The predicted octanol–water partition coefficient (Wildman–Crippen LogP) is 4.00. The van der Waals surface area contributed by atoms with Crippen LogP contribution >= 0.6 is 0 Å². The van der Waals surface area contributed by atoms with Crippen molar-refractivity contribution in [3.63, 3.8) is 0 Å². The average Bonchev–Trinajstić information content (AvgIpc) is 2.38. The molecule has 0 aliphatic heterocycles. The van der Waals surface area contributed by atoms with E-state index < -0.39 is 11.7 Å². The number of nitrogens with two attached hydrogens (primary N) is 1. The van der Waals surface area contributed by atoms with Crippen LogP contribution in [0.3, 0.4) is 0 Å². The normalized spacial score (nSPS) is 10.8. The summed E-state index contributed by atoms with van der Waals surface area (Å²) in [7, 11) is 0. The number of benzene rings is 2. The molecule has 0 saturated carbocycles. The highest BCUT2D eigenvalue weighted by Crippen LogP contribution is 2.30. The van der Waals surface area contributed by atoms with Gasteiger partial charge in [-0.05, 0) is 37.3 Å². The molecule has 1 nitrogen and oxygen atoms in total. The van der Waals surface area contributed by atoms with Crippen LogP contribution in [0, 0.1) is 18.8 Å². The van der Waals surface area contributed by atoms with E-state index >= 15 is 0 Å². The molecule has 2 N–H and O–H groups in total. The summed E-state index contributed by atoms with van der Waals surface area (Å²) in [4.78, 5) is 0. The first-order valence-electron chi connectivity index (χ1n) is 5.92. The lowest BCUT2D eigenvalue weighted by Gasteiger charge is -2.07. The molecule has 0 aromatic heterocycles. The fourth-order valence-electron chi connectivity index (χ4n) is 1.62. The highest BCUT2D eigenvalue weighted by Gasteiger charge is 2.30. The predicted molar refractivity (Wildman–Crippen MR) is 73.0 cm³/mol. The zero-order valence-corrected chi connectivity index (χ0v) is 10.8. The van der Waals surface area contributed by atoms with E-state index in [1.807, 2.05) is 31.2 Å². The van der Waals surface area contributed by atoms with E-state index in [0.29, 0.717) is 0 Å². The summed E-state index contributed by atoms with van der Waals surface area (Å²) in [5.74, 6) is 5.50. The Bertz CT molecular complexity index is 674. The molecule has 0 unspecified atom stereocenters. The number of alkyl halides is 3. The van der Waals surface area contributed by atoms with Gasteiger partial charge in [-0.1, -0.05) is 29.5 Å². The van der Waals surface area contributed by atoms with Gasteiger partial charge in [0.05, 0.1) is 5.56 Å². The average molecular weight is 275 g/mol. The van der Waals surface area contributed by atoms with E-state index in [1.54, 1.807) is 0 Å². The summed E-state index contributed by atoms with van der Waals surface area (Å²) < 4.78 is 37.9. The van der Waals surface area contributed by atoms with Crippen LogP contribution in [0.5, 0.6) is 0 Å². The van der Waals surface area contributed by atoms with Gasteiger partial charge >= 0.3 is 6.18 Å². The van der Waals surface area contributed by atoms with Crippen molar-refractivity contribution in [3.8, 4) is 11.8 Å². The summed E-state index contributed by atoms with van der Waals surface area (Å²) in [6.45, 7) is 1.95. The molecule has 0 aliphatic carbocycles. The Morgan fingerprint density at radius 1 is 0.950 bits per heavy atom. The molecule has 4 heteroatoms. The van der Waals surface area contributed by atoms with Crippen molar-refractivity contribution in [3.05, 3.63) is 64.7 Å². The second-order valence-electron chi connectivity index (χ2n) is 4.42. The minimum atomic E-state index is -4.39. The molecule has 0 spiro atoms. The minimum Gasteiger partial charge on any atom is -0.398 e. The van der Waals surface area contributed by atoms with Gasteiger partial charge < -0.3 is 5.73 Å². The van der Waals surface area contributed by atoms with Crippen LogP contribution < -0.4 is 5.73 Å². The molecule has 0 saturated heterocycles. The van der Waals surface area contributed by atoms with Gasteiger partial charge in [-0.25, -0.2) is 0 Å². The van der Waals surface area contributed by atoms with E-state index in [0.717, 1.165) is 23.3 Å². The zero-order valence-electron chi connectivity index (χ0n) is 10.8. The van der Waals surface area contributed by atoms with Crippen molar-refractivity contribution in [2.75, 3.05) is 5.73 Å². The minimum absolute atomic E-state index is 0.181. The van der Waals surface area contributed by atoms with E-state index in [2.05, 4.69) is 11.8 Å². The van der Waals surface area contributed by atoms with Crippen LogP contribution in [0.4, 0.5) is 18.9 Å². The Morgan fingerprint density at radius 2 is 1.60 bits per heavy atom. The topological polar surface area (TPSA) is 26.0 Å². The molecule has 0 heterocycles. The van der Waals surface area contributed by atoms with Crippen molar-refractivity contribution in [2.45, 2.75) is 13.1 Å². The molecule has 0 radical (unpaired) electrons. The molecule has 102 valence electrons. The number of anilines is 1. The van der Waals surface area contributed by atoms with Crippen LogP contribution in [0.2, 0.25) is 0 Å². The van der Waals surface area contributed by atoms with E-state index in [-0.39, 0.29) is 11.3 Å². The van der Waals surface area contributed by atoms with Gasteiger partial charge in [-0.3, -0.25) is 0 Å². The molecule has 2 aromatic rings. The molecule has 0 atom stereocenters. The largest absolute Gasteiger partial charge is 0.416 e. The first-order valence-corrected chi connectivity index (χ1v) is 5.92. The molecular weight excluding hydrogens is 263 g/mol. The van der Waals surface area contributed by atoms with Crippen LogP contribution in [-0.4, -0.2) is 0 Å². The first kappa shape index (κ1) is 14.0. The van der Waals surface area contributed by atoms with Crippen LogP contribution in [0.25, 0.3) is 0 Å². The second kappa shape index (κ2) is 5.30. The highest BCUT2D eigenvalue weighted by atomic mass is 19.4. The third-order valence-electron chi connectivity index (χ3n) is 2.77. The molecule has 2 aromatic carbocycles. The Kier molecular flexibility index (Phi) is 3.71. The van der Waals surface area contributed by atoms with E-state index in [9.17, 15) is 13.2 Å². The maximum atomic E-state index is 12.6. The van der Waals surface area contributed by atoms with Gasteiger partial charge in [0.15, 0.2) is 0 Å². The monoisotopic (exact) mass is 275 g/mol. The molecule has 20 heavy (non-hydrogen) atoms. The molecular formula is C16H12F3N. The Labute approximate surface area is 115 Å². The number of rotatable bonds is 0.